The average molecular weight is 272 g/mol. The molecule has 0 aliphatic carbocycles. The van der Waals surface area contributed by atoms with Crippen molar-refractivity contribution in [2.24, 2.45) is 0 Å². The van der Waals surface area contributed by atoms with Gasteiger partial charge >= 0.3 is 0 Å². The van der Waals surface area contributed by atoms with E-state index in [1.165, 1.54) is 6.07 Å². The molecule has 0 spiro atoms. The predicted molar refractivity (Wildman–Crippen MR) is 65.3 cm³/mol. The van der Waals surface area contributed by atoms with Crippen molar-refractivity contribution in [2.75, 3.05) is 6.54 Å². The minimum atomic E-state index is -0.229. The highest BCUT2D eigenvalue weighted by Crippen LogP contribution is 2.23. The van der Waals surface area contributed by atoms with Crippen molar-refractivity contribution >= 4 is 15.9 Å². The van der Waals surface area contributed by atoms with Crippen molar-refractivity contribution in [1.82, 2.24) is 5.32 Å². The van der Waals surface area contributed by atoms with Crippen LogP contribution in [-0.4, -0.2) is 6.54 Å². The first-order valence-electron chi connectivity index (χ1n) is 4.98. The lowest BCUT2D eigenvalue weighted by molar-refractivity contribution is 0.555. The summed E-state index contributed by atoms with van der Waals surface area (Å²) in [5.74, 6) is -0.229. The van der Waals surface area contributed by atoms with Crippen molar-refractivity contribution in [3.63, 3.8) is 0 Å². The van der Waals surface area contributed by atoms with Crippen LogP contribution in [0.25, 0.3) is 0 Å². The van der Waals surface area contributed by atoms with Gasteiger partial charge in [0, 0.05) is 6.04 Å². The second kappa shape index (κ2) is 6.03. The van der Waals surface area contributed by atoms with E-state index in [0.717, 1.165) is 18.5 Å². The number of nitrogens with one attached hydrogen (secondary N) is 1. The van der Waals surface area contributed by atoms with Gasteiger partial charge in [0.1, 0.15) is 5.82 Å². The third kappa shape index (κ3) is 3.43. The van der Waals surface area contributed by atoms with Gasteiger partial charge in [-0.2, -0.15) is 0 Å². The molecule has 1 aromatic rings. The molecule has 0 aliphatic heterocycles. The van der Waals surface area contributed by atoms with Gasteiger partial charge in [0.2, 0.25) is 0 Å². The van der Waals surface area contributed by atoms with E-state index in [4.69, 9.17) is 0 Å². The normalized spacial score (nSPS) is 12.5. The first-order valence-corrected chi connectivity index (χ1v) is 5.77. The van der Waals surface area contributed by atoms with Crippen LogP contribution in [-0.2, 0) is 0 Å². The van der Waals surface area contributed by atoms with Crippen LogP contribution in [0.2, 0.25) is 0 Å². The zero-order valence-corrected chi connectivity index (χ0v) is 10.3. The Kier molecular flexibility index (Phi) is 4.99. The molecule has 0 bridgehead atoms. The molecule has 1 aromatic carbocycles. The van der Waals surface area contributed by atoms with E-state index < -0.39 is 0 Å². The highest BCUT2D eigenvalue weighted by molar-refractivity contribution is 9.10. The summed E-state index contributed by atoms with van der Waals surface area (Å²) in [6.45, 7) is 6.66. The van der Waals surface area contributed by atoms with Crippen LogP contribution in [0.5, 0.6) is 0 Å². The Morgan fingerprint density at radius 1 is 1.60 bits per heavy atom. The number of rotatable bonds is 5. The van der Waals surface area contributed by atoms with Crippen molar-refractivity contribution in [1.29, 1.82) is 0 Å². The molecule has 15 heavy (non-hydrogen) atoms. The second-order valence-electron chi connectivity index (χ2n) is 3.31. The predicted octanol–water partition coefficient (Wildman–Crippen LogP) is 3.81. The van der Waals surface area contributed by atoms with Gasteiger partial charge in [0.25, 0.3) is 0 Å². The standard InChI is InChI=1S/C12H15BrFN/c1-3-5-12(15-4-2)9-6-7-11(14)10(13)8-9/h3,6-8,12,15H,1,4-5H2,2H3. The Morgan fingerprint density at radius 3 is 2.87 bits per heavy atom. The molecule has 0 fully saturated rings. The molecule has 0 radical (unpaired) electrons. The summed E-state index contributed by atoms with van der Waals surface area (Å²) < 4.78 is 13.6. The molecule has 1 atom stereocenters. The van der Waals surface area contributed by atoms with E-state index in [9.17, 15) is 4.39 Å². The van der Waals surface area contributed by atoms with Gasteiger partial charge in [-0.1, -0.05) is 19.1 Å². The molecule has 0 saturated carbocycles. The SMILES string of the molecule is C=CCC(NCC)c1ccc(F)c(Br)c1. The summed E-state index contributed by atoms with van der Waals surface area (Å²) in [6, 6.07) is 5.31. The first kappa shape index (κ1) is 12.4. The van der Waals surface area contributed by atoms with Gasteiger partial charge < -0.3 is 5.32 Å². The lowest BCUT2D eigenvalue weighted by atomic mass is 10.0. The maximum absolute atomic E-state index is 13.0. The van der Waals surface area contributed by atoms with Gasteiger partial charge in [-0.25, -0.2) is 4.39 Å². The van der Waals surface area contributed by atoms with Gasteiger partial charge in [-0.3, -0.25) is 0 Å². The summed E-state index contributed by atoms with van der Waals surface area (Å²) in [5.41, 5.74) is 1.07. The highest BCUT2D eigenvalue weighted by atomic mass is 79.9. The van der Waals surface area contributed by atoms with E-state index in [2.05, 4.69) is 34.7 Å². The van der Waals surface area contributed by atoms with Crippen LogP contribution in [0, 0.1) is 5.82 Å². The zero-order chi connectivity index (χ0) is 11.3. The Bertz CT molecular complexity index is 338. The summed E-state index contributed by atoms with van der Waals surface area (Å²) in [7, 11) is 0. The number of benzene rings is 1. The summed E-state index contributed by atoms with van der Waals surface area (Å²) >= 11 is 3.19. The molecule has 0 aliphatic rings. The van der Waals surface area contributed by atoms with E-state index in [1.54, 1.807) is 6.07 Å². The van der Waals surface area contributed by atoms with E-state index in [0.29, 0.717) is 4.47 Å². The van der Waals surface area contributed by atoms with Crippen LogP contribution in [0.4, 0.5) is 4.39 Å². The molecular weight excluding hydrogens is 257 g/mol. The number of hydrogen-bond donors (Lipinski definition) is 1. The Morgan fingerprint density at radius 2 is 2.33 bits per heavy atom. The molecule has 1 nitrogen and oxygen atoms in total. The minimum Gasteiger partial charge on any atom is -0.310 e. The highest BCUT2D eigenvalue weighted by Gasteiger charge is 2.09. The molecule has 3 heteroatoms. The number of halogens is 2. The van der Waals surface area contributed by atoms with Gasteiger partial charge in [-0.15, -0.1) is 6.58 Å². The Hall–Kier alpha value is -0.670. The maximum atomic E-state index is 13.0. The molecule has 0 saturated heterocycles. The van der Waals surface area contributed by atoms with E-state index >= 15 is 0 Å². The third-order valence-corrected chi connectivity index (χ3v) is 2.81. The average Bonchev–Trinajstić information content (AvgIpc) is 2.22. The van der Waals surface area contributed by atoms with Crippen molar-refractivity contribution in [3.05, 3.63) is 46.7 Å². The van der Waals surface area contributed by atoms with E-state index in [1.807, 2.05) is 12.1 Å². The van der Waals surface area contributed by atoms with Crippen molar-refractivity contribution < 1.29 is 4.39 Å². The molecule has 1 unspecified atom stereocenters. The van der Waals surface area contributed by atoms with Gasteiger partial charge in [-0.05, 0) is 46.6 Å². The first-order chi connectivity index (χ1) is 7.19. The van der Waals surface area contributed by atoms with Crippen LogP contribution < -0.4 is 5.32 Å². The fourth-order valence-electron chi connectivity index (χ4n) is 1.48. The van der Waals surface area contributed by atoms with E-state index in [-0.39, 0.29) is 11.9 Å². The summed E-state index contributed by atoms with van der Waals surface area (Å²) in [6.07, 6.45) is 2.70. The third-order valence-electron chi connectivity index (χ3n) is 2.20. The van der Waals surface area contributed by atoms with Crippen LogP contribution in [0.15, 0.2) is 35.3 Å². The summed E-state index contributed by atoms with van der Waals surface area (Å²) in [5, 5.41) is 3.33. The number of hydrogen-bond acceptors (Lipinski definition) is 1. The molecule has 1 N–H and O–H groups in total. The zero-order valence-electron chi connectivity index (χ0n) is 8.76. The fraction of sp³-hybridized carbons (Fsp3) is 0.333. The lowest BCUT2D eigenvalue weighted by Crippen LogP contribution is -2.20. The largest absolute Gasteiger partial charge is 0.310 e. The second-order valence-corrected chi connectivity index (χ2v) is 4.16. The van der Waals surface area contributed by atoms with Crippen LogP contribution in [0.3, 0.4) is 0 Å². The molecule has 0 amide bonds. The molecule has 0 aromatic heterocycles. The fourth-order valence-corrected chi connectivity index (χ4v) is 1.88. The Labute approximate surface area is 98.5 Å². The minimum absolute atomic E-state index is 0.212. The smallest absolute Gasteiger partial charge is 0.137 e. The quantitative estimate of drug-likeness (QED) is 0.803. The Balaban J connectivity index is 2.89. The molecule has 0 heterocycles. The lowest BCUT2D eigenvalue weighted by Gasteiger charge is -2.16. The van der Waals surface area contributed by atoms with Crippen molar-refractivity contribution in [3.8, 4) is 0 Å². The maximum Gasteiger partial charge on any atom is 0.137 e. The van der Waals surface area contributed by atoms with Gasteiger partial charge in [0.05, 0.1) is 4.47 Å². The monoisotopic (exact) mass is 271 g/mol. The summed E-state index contributed by atoms with van der Waals surface area (Å²) in [4.78, 5) is 0. The molecule has 1 rings (SSSR count). The topological polar surface area (TPSA) is 12.0 Å². The van der Waals surface area contributed by atoms with Crippen molar-refractivity contribution in [2.45, 2.75) is 19.4 Å². The molecule has 82 valence electrons. The molecular formula is C12H15BrFN. The van der Waals surface area contributed by atoms with Crippen LogP contribution >= 0.6 is 15.9 Å². The van der Waals surface area contributed by atoms with Crippen LogP contribution in [0.1, 0.15) is 24.9 Å². The van der Waals surface area contributed by atoms with Gasteiger partial charge in [0.15, 0.2) is 0 Å².